The summed E-state index contributed by atoms with van der Waals surface area (Å²) in [6.45, 7) is 6.94. The molecule has 0 aromatic rings. The van der Waals surface area contributed by atoms with Crippen molar-refractivity contribution in [3.05, 3.63) is 0 Å². The van der Waals surface area contributed by atoms with Crippen LogP contribution in [0.5, 0.6) is 0 Å². The van der Waals surface area contributed by atoms with Crippen LogP contribution in [0.15, 0.2) is 0 Å². The van der Waals surface area contributed by atoms with Crippen molar-refractivity contribution in [3.8, 4) is 0 Å². The Morgan fingerprint density at radius 3 is 2.59 bits per heavy atom. The van der Waals surface area contributed by atoms with Gasteiger partial charge in [0, 0.05) is 6.04 Å². The first-order valence-corrected chi connectivity index (χ1v) is 7.63. The third-order valence-electron chi connectivity index (χ3n) is 4.48. The van der Waals surface area contributed by atoms with Crippen molar-refractivity contribution in [3.63, 3.8) is 0 Å². The Bertz CT molecular complexity index is 191. The average Bonchev–Trinajstić information content (AvgIpc) is 2.34. The maximum atomic E-state index is 5.76. The van der Waals surface area contributed by atoms with Crippen molar-refractivity contribution in [1.82, 2.24) is 5.43 Å². The molecule has 0 heterocycles. The van der Waals surface area contributed by atoms with Crippen LogP contribution in [0.4, 0.5) is 0 Å². The van der Waals surface area contributed by atoms with E-state index in [9.17, 15) is 0 Å². The number of hydrogen-bond acceptors (Lipinski definition) is 2. The van der Waals surface area contributed by atoms with Gasteiger partial charge in [-0.25, -0.2) is 0 Å². The molecule has 3 N–H and O–H groups in total. The van der Waals surface area contributed by atoms with Crippen molar-refractivity contribution in [2.45, 2.75) is 78.2 Å². The first kappa shape index (κ1) is 15.0. The molecule has 0 saturated heterocycles. The van der Waals surface area contributed by atoms with Crippen LogP contribution in [0.2, 0.25) is 0 Å². The van der Waals surface area contributed by atoms with Crippen LogP contribution in [-0.2, 0) is 0 Å². The fourth-order valence-corrected chi connectivity index (χ4v) is 3.27. The molecule has 3 unspecified atom stereocenters. The molecule has 3 atom stereocenters. The number of nitrogens with one attached hydrogen (secondary N) is 1. The molecule has 0 aliphatic heterocycles. The minimum atomic E-state index is 0.558. The molecule has 0 bridgehead atoms. The van der Waals surface area contributed by atoms with Crippen molar-refractivity contribution in [2.75, 3.05) is 0 Å². The first-order valence-electron chi connectivity index (χ1n) is 7.63. The molecule has 1 aliphatic carbocycles. The molecule has 2 nitrogen and oxygen atoms in total. The summed E-state index contributed by atoms with van der Waals surface area (Å²) >= 11 is 0. The largest absolute Gasteiger partial charge is 0.271 e. The molecule has 1 fully saturated rings. The summed E-state index contributed by atoms with van der Waals surface area (Å²) in [6, 6.07) is 0.558. The van der Waals surface area contributed by atoms with Gasteiger partial charge in [-0.05, 0) is 37.0 Å². The second kappa shape index (κ2) is 8.10. The molecule has 0 aromatic carbocycles. The lowest BCUT2D eigenvalue weighted by atomic mass is 9.76. The predicted octanol–water partition coefficient (Wildman–Crippen LogP) is 3.86. The number of hydrazine groups is 1. The van der Waals surface area contributed by atoms with E-state index in [1.165, 1.54) is 51.4 Å². The molecular formula is C15H32N2. The van der Waals surface area contributed by atoms with Gasteiger partial charge < -0.3 is 0 Å². The quantitative estimate of drug-likeness (QED) is 0.524. The zero-order chi connectivity index (χ0) is 12.7. The summed E-state index contributed by atoms with van der Waals surface area (Å²) < 4.78 is 0. The van der Waals surface area contributed by atoms with Gasteiger partial charge in [0.05, 0.1) is 0 Å². The topological polar surface area (TPSA) is 38.0 Å². The molecule has 2 heteroatoms. The van der Waals surface area contributed by atoms with Crippen molar-refractivity contribution < 1.29 is 0 Å². The molecule has 102 valence electrons. The highest BCUT2D eigenvalue weighted by Gasteiger charge is 2.26. The maximum Gasteiger partial charge on any atom is 0.0238 e. The fraction of sp³-hybridized carbons (Fsp3) is 1.00. The van der Waals surface area contributed by atoms with Gasteiger partial charge in [0.1, 0.15) is 0 Å². The lowest BCUT2D eigenvalue weighted by Crippen LogP contribution is -2.42. The molecule has 1 aliphatic rings. The van der Waals surface area contributed by atoms with E-state index < -0.39 is 0 Å². The van der Waals surface area contributed by atoms with Crippen LogP contribution < -0.4 is 11.3 Å². The zero-order valence-corrected chi connectivity index (χ0v) is 12.0. The number of rotatable bonds is 7. The van der Waals surface area contributed by atoms with Gasteiger partial charge >= 0.3 is 0 Å². The summed E-state index contributed by atoms with van der Waals surface area (Å²) in [5.74, 6) is 8.36. The van der Waals surface area contributed by atoms with Crippen LogP contribution in [0.3, 0.4) is 0 Å². The van der Waals surface area contributed by atoms with Crippen LogP contribution in [0.25, 0.3) is 0 Å². The third-order valence-corrected chi connectivity index (χ3v) is 4.48. The standard InChI is InChI=1S/C15H32N2/c1-4-13-8-6-9-14(11-13)15(17-16)10-5-7-12(2)3/h12-15,17H,4-11,16H2,1-3H3. The third kappa shape index (κ3) is 5.39. The Labute approximate surface area is 108 Å². The average molecular weight is 240 g/mol. The molecule has 0 spiro atoms. The lowest BCUT2D eigenvalue weighted by molar-refractivity contribution is 0.199. The minimum Gasteiger partial charge on any atom is -0.271 e. The summed E-state index contributed by atoms with van der Waals surface area (Å²) in [5, 5.41) is 0. The predicted molar refractivity (Wildman–Crippen MR) is 75.5 cm³/mol. The number of hydrogen-bond donors (Lipinski definition) is 2. The van der Waals surface area contributed by atoms with Gasteiger partial charge in [-0.15, -0.1) is 0 Å². The second-order valence-corrected chi connectivity index (χ2v) is 6.30. The van der Waals surface area contributed by atoms with E-state index in [4.69, 9.17) is 5.84 Å². The highest BCUT2D eigenvalue weighted by molar-refractivity contribution is 4.81. The SMILES string of the molecule is CCC1CCCC(C(CCCC(C)C)NN)C1. The molecular weight excluding hydrogens is 208 g/mol. The summed E-state index contributed by atoms with van der Waals surface area (Å²) in [7, 11) is 0. The summed E-state index contributed by atoms with van der Waals surface area (Å²) in [5.41, 5.74) is 3.09. The van der Waals surface area contributed by atoms with E-state index in [0.29, 0.717) is 6.04 Å². The van der Waals surface area contributed by atoms with Gasteiger partial charge in [0.25, 0.3) is 0 Å². The molecule has 0 amide bonds. The van der Waals surface area contributed by atoms with Gasteiger partial charge in [0.15, 0.2) is 0 Å². The Hall–Kier alpha value is -0.0800. The van der Waals surface area contributed by atoms with Crippen LogP contribution >= 0.6 is 0 Å². The van der Waals surface area contributed by atoms with Crippen molar-refractivity contribution in [2.24, 2.45) is 23.6 Å². The monoisotopic (exact) mass is 240 g/mol. The van der Waals surface area contributed by atoms with Crippen LogP contribution in [0, 0.1) is 17.8 Å². The Morgan fingerprint density at radius 2 is 2.00 bits per heavy atom. The van der Waals surface area contributed by atoms with E-state index >= 15 is 0 Å². The van der Waals surface area contributed by atoms with E-state index in [2.05, 4.69) is 26.2 Å². The Kier molecular flexibility index (Phi) is 7.14. The normalized spacial score (nSPS) is 27.4. The molecule has 1 saturated carbocycles. The summed E-state index contributed by atoms with van der Waals surface area (Å²) in [6.07, 6.45) is 10.9. The first-order chi connectivity index (χ1) is 8.17. The molecule has 17 heavy (non-hydrogen) atoms. The van der Waals surface area contributed by atoms with Crippen LogP contribution in [-0.4, -0.2) is 6.04 Å². The van der Waals surface area contributed by atoms with E-state index in [0.717, 1.165) is 17.8 Å². The minimum absolute atomic E-state index is 0.558. The second-order valence-electron chi connectivity index (χ2n) is 6.30. The fourth-order valence-electron chi connectivity index (χ4n) is 3.27. The van der Waals surface area contributed by atoms with Crippen molar-refractivity contribution in [1.29, 1.82) is 0 Å². The Morgan fingerprint density at radius 1 is 1.24 bits per heavy atom. The van der Waals surface area contributed by atoms with Gasteiger partial charge in [-0.2, -0.15) is 0 Å². The van der Waals surface area contributed by atoms with Gasteiger partial charge in [0.2, 0.25) is 0 Å². The smallest absolute Gasteiger partial charge is 0.0238 e. The molecule has 0 radical (unpaired) electrons. The van der Waals surface area contributed by atoms with E-state index in [1.54, 1.807) is 0 Å². The lowest BCUT2D eigenvalue weighted by Gasteiger charge is -2.34. The van der Waals surface area contributed by atoms with Gasteiger partial charge in [-0.3, -0.25) is 11.3 Å². The highest BCUT2D eigenvalue weighted by Crippen LogP contribution is 2.34. The highest BCUT2D eigenvalue weighted by atomic mass is 15.2. The van der Waals surface area contributed by atoms with Crippen LogP contribution in [0.1, 0.15) is 72.1 Å². The Balaban J connectivity index is 2.32. The maximum absolute atomic E-state index is 5.76. The van der Waals surface area contributed by atoms with E-state index in [1.807, 2.05) is 0 Å². The number of nitrogens with two attached hydrogens (primary N) is 1. The summed E-state index contributed by atoms with van der Waals surface area (Å²) in [4.78, 5) is 0. The van der Waals surface area contributed by atoms with Gasteiger partial charge in [-0.1, -0.05) is 52.9 Å². The van der Waals surface area contributed by atoms with Crippen molar-refractivity contribution >= 4 is 0 Å². The molecule has 1 rings (SSSR count). The van der Waals surface area contributed by atoms with E-state index in [-0.39, 0.29) is 0 Å². The zero-order valence-electron chi connectivity index (χ0n) is 12.0. The molecule has 0 aromatic heterocycles.